The number of anilines is 2. The summed E-state index contributed by atoms with van der Waals surface area (Å²) in [5.74, 6) is 0.456. The fourth-order valence-corrected chi connectivity index (χ4v) is 4.72. The summed E-state index contributed by atoms with van der Waals surface area (Å²) in [5.41, 5.74) is 3.28. The summed E-state index contributed by atoms with van der Waals surface area (Å²) < 4.78 is 0.810. The zero-order valence-electron chi connectivity index (χ0n) is 14.9. The summed E-state index contributed by atoms with van der Waals surface area (Å²) in [4.78, 5) is 14.6. The third-order valence-electron chi connectivity index (χ3n) is 4.31. The van der Waals surface area contributed by atoms with E-state index < -0.39 is 0 Å². The van der Waals surface area contributed by atoms with Gasteiger partial charge in [-0.25, -0.2) is 0 Å². The number of nitrogens with one attached hydrogen (secondary N) is 1. The third kappa shape index (κ3) is 3.57. The maximum absolute atomic E-state index is 12.5. The van der Waals surface area contributed by atoms with Gasteiger partial charge in [-0.3, -0.25) is 4.79 Å². The van der Waals surface area contributed by atoms with Crippen LogP contribution in [0.2, 0.25) is 0 Å². The third-order valence-corrected chi connectivity index (χ3v) is 6.35. The zero-order valence-corrected chi connectivity index (χ0v) is 16.5. The van der Waals surface area contributed by atoms with Crippen molar-refractivity contribution >= 4 is 39.7 Å². The first kappa shape index (κ1) is 17.9. The number of likely N-dealkylation sites (N-methyl/N-ethyl adjacent to an activating group) is 1. The minimum atomic E-state index is -0.174. The van der Waals surface area contributed by atoms with Crippen LogP contribution in [0.15, 0.2) is 40.4 Å². The Kier molecular flexibility index (Phi) is 5.15. The predicted octanol–water partition coefficient (Wildman–Crippen LogP) is 3.94. The van der Waals surface area contributed by atoms with E-state index in [0.29, 0.717) is 5.75 Å². The summed E-state index contributed by atoms with van der Waals surface area (Å²) in [6.45, 7) is 7.15. The number of carbonyl (C=O) groups excluding carboxylic acids is 1. The number of hydrogen-bond donors (Lipinski definition) is 1. The molecular formula is C18H22N4OS2. The Hall–Kier alpha value is -1.86. The Morgan fingerprint density at radius 2 is 2.12 bits per heavy atom. The molecule has 0 fully saturated rings. The Bertz CT molecular complexity index is 813. The minimum Gasteiger partial charge on any atom is -0.360 e. The van der Waals surface area contributed by atoms with Gasteiger partial charge in [0.25, 0.3) is 0 Å². The molecule has 0 spiro atoms. The second-order valence-electron chi connectivity index (χ2n) is 6.39. The lowest BCUT2D eigenvalue weighted by molar-refractivity contribution is -0.112. The summed E-state index contributed by atoms with van der Waals surface area (Å²) in [5, 5.41) is 12.1. The second-order valence-corrected chi connectivity index (χ2v) is 8.59. The Labute approximate surface area is 156 Å². The van der Waals surface area contributed by atoms with Gasteiger partial charge in [0.1, 0.15) is 0 Å². The van der Waals surface area contributed by atoms with Crippen LogP contribution in [0.5, 0.6) is 0 Å². The molecule has 25 heavy (non-hydrogen) atoms. The standard InChI is InChI=1S/C18H22N4OS2/c1-5-19-16-20-21-17(25-16)24-11-12(23)10-15-18(2,3)13-8-6-7-9-14(13)22(15)4/h6-10H,5,11H2,1-4H3,(H,19,20). The molecule has 0 bridgehead atoms. The first-order valence-electron chi connectivity index (χ1n) is 8.22. The second kappa shape index (κ2) is 7.17. The van der Waals surface area contributed by atoms with Crippen molar-refractivity contribution in [1.29, 1.82) is 0 Å². The largest absolute Gasteiger partial charge is 0.360 e. The van der Waals surface area contributed by atoms with Crippen molar-refractivity contribution in [2.75, 3.05) is 29.6 Å². The number of nitrogens with zero attached hydrogens (tertiary/aromatic N) is 3. The zero-order chi connectivity index (χ0) is 18.0. The van der Waals surface area contributed by atoms with E-state index in [2.05, 4.69) is 46.4 Å². The Balaban J connectivity index is 1.71. The Morgan fingerprint density at radius 3 is 2.84 bits per heavy atom. The smallest absolute Gasteiger partial charge is 0.206 e. The predicted molar refractivity (Wildman–Crippen MR) is 106 cm³/mol. The molecule has 7 heteroatoms. The molecule has 1 N–H and O–H groups in total. The highest BCUT2D eigenvalue weighted by molar-refractivity contribution is 8.01. The van der Waals surface area contributed by atoms with Crippen molar-refractivity contribution in [3.05, 3.63) is 41.6 Å². The van der Waals surface area contributed by atoms with Crippen LogP contribution in [0, 0.1) is 0 Å². The van der Waals surface area contributed by atoms with Gasteiger partial charge in [0.2, 0.25) is 5.13 Å². The molecule has 0 saturated carbocycles. The highest BCUT2D eigenvalue weighted by Gasteiger charge is 2.38. The van der Waals surface area contributed by atoms with Crippen LogP contribution in [0.25, 0.3) is 0 Å². The first-order chi connectivity index (χ1) is 11.9. The van der Waals surface area contributed by atoms with Crippen molar-refractivity contribution in [3.8, 4) is 0 Å². The van der Waals surface area contributed by atoms with Crippen LogP contribution in [-0.4, -0.2) is 35.3 Å². The monoisotopic (exact) mass is 374 g/mol. The van der Waals surface area contributed by atoms with Gasteiger partial charge in [0.05, 0.1) is 5.75 Å². The SMILES string of the molecule is CCNc1nnc(SCC(=O)C=C2N(C)c3ccccc3C2(C)C)s1. The van der Waals surface area contributed by atoms with Gasteiger partial charge in [-0.05, 0) is 18.6 Å². The number of fused-ring (bicyclic) bond motifs is 1. The molecule has 3 rings (SSSR count). The van der Waals surface area contributed by atoms with Gasteiger partial charge in [0.15, 0.2) is 10.1 Å². The minimum absolute atomic E-state index is 0.0907. The number of allylic oxidation sites excluding steroid dienone is 2. The van der Waals surface area contributed by atoms with Gasteiger partial charge in [-0.15, -0.1) is 10.2 Å². The summed E-state index contributed by atoms with van der Waals surface area (Å²) in [6, 6.07) is 8.31. The first-order valence-corrected chi connectivity index (χ1v) is 10.0. The average molecular weight is 375 g/mol. The molecule has 0 saturated heterocycles. The molecule has 1 aromatic carbocycles. The highest BCUT2D eigenvalue weighted by atomic mass is 32.2. The number of benzene rings is 1. The van der Waals surface area contributed by atoms with E-state index in [4.69, 9.17) is 0 Å². The van der Waals surface area contributed by atoms with Crippen molar-refractivity contribution < 1.29 is 4.79 Å². The van der Waals surface area contributed by atoms with Crippen LogP contribution in [0.3, 0.4) is 0 Å². The van der Waals surface area contributed by atoms with Gasteiger partial charge in [0, 0.05) is 36.5 Å². The summed E-state index contributed by atoms with van der Waals surface area (Å²) >= 11 is 2.91. The fraction of sp³-hybridized carbons (Fsp3) is 0.389. The van der Waals surface area contributed by atoms with E-state index in [1.54, 1.807) is 6.08 Å². The van der Waals surface area contributed by atoms with E-state index in [0.717, 1.165) is 21.7 Å². The topological polar surface area (TPSA) is 58.1 Å². The van der Waals surface area contributed by atoms with Gasteiger partial charge in [-0.2, -0.15) is 0 Å². The van der Waals surface area contributed by atoms with E-state index in [9.17, 15) is 4.79 Å². The quantitative estimate of drug-likeness (QED) is 0.610. The van der Waals surface area contributed by atoms with Crippen molar-refractivity contribution in [1.82, 2.24) is 10.2 Å². The molecule has 0 atom stereocenters. The van der Waals surface area contributed by atoms with Crippen molar-refractivity contribution in [2.45, 2.75) is 30.5 Å². The van der Waals surface area contributed by atoms with E-state index in [-0.39, 0.29) is 11.2 Å². The van der Waals surface area contributed by atoms with Gasteiger partial charge < -0.3 is 10.2 Å². The maximum Gasteiger partial charge on any atom is 0.206 e. The van der Waals surface area contributed by atoms with E-state index in [1.807, 2.05) is 26.1 Å². The molecule has 2 heterocycles. The number of para-hydroxylation sites is 1. The molecule has 0 aliphatic carbocycles. The molecule has 132 valence electrons. The van der Waals surface area contributed by atoms with Crippen LogP contribution in [0.4, 0.5) is 10.8 Å². The van der Waals surface area contributed by atoms with Gasteiger partial charge in [-0.1, -0.05) is 55.1 Å². The van der Waals surface area contributed by atoms with Crippen LogP contribution >= 0.6 is 23.1 Å². The lowest BCUT2D eigenvalue weighted by Crippen LogP contribution is -2.24. The maximum atomic E-state index is 12.5. The number of ketones is 1. The molecule has 5 nitrogen and oxygen atoms in total. The molecule has 2 aromatic rings. The number of carbonyl (C=O) groups is 1. The lowest BCUT2D eigenvalue weighted by atomic mass is 9.83. The average Bonchev–Trinajstić information content (AvgIpc) is 3.11. The van der Waals surface area contributed by atoms with Crippen LogP contribution in [0.1, 0.15) is 26.3 Å². The molecule has 0 amide bonds. The lowest BCUT2D eigenvalue weighted by Gasteiger charge is -2.23. The number of hydrogen-bond acceptors (Lipinski definition) is 7. The summed E-state index contributed by atoms with van der Waals surface area (Å²) in [7, 11) is 2.02. The van der Waals surface area contributed by atoms with Crippen LogP contribution in [-0.2, 0) is 10.2 Å². The van der Waals surface area contributed by atoms with Crippen molar-refractivity contribution in [2.24, 2.45) is 0 Å². The summed E-state index contributed by atoms with van der Waals surface area (Å²) in [6.07, 6.45) is 1.78. The molecule has 0 radical (unpaired) electrons. The van der Waals surface area contributed by atoms with Crippen LogP contribution < -0.4 is 10.2 Å². The molecular weight excluding hydrogens is 352 g/mol. The fourth-order valence-electron chi connectivity index (χ4n) is 3.08. The molecule has 1 aliphatic rings. The molecule has 0 unspecified atom stereocenters. The Morgan fingerprint density at radius 1 is 1.36 bits per heavy atom. The van der Waals surface area contributed by atoms with E-state index >= 15 is 0 Å². The molecule has 1 aliphatic heterocycles. The van der Waals surface area contributed by atoms with Gasteiger partial charge >= 0.3 is 0 Å². The molecule has 1 aromatic heterocycles. The highest BCUT2D eigenvalue weighted by Crippen LogP contribution is 2.46. The number of aromatic nitrogens is 2. The number of thioether (sulfide) groups is 1. The van der Waals surface area contributed by atoms with E-state index in [1.165, 1.54) is 34.3 Å². The number of rotatable bonds is 6. The normalized spacial score (nSPS) is 17.0. The van der Waals surface area contributed by atoms with Crippen molar-refractivity contribution in [3.63, 3.8) is 0 Å².